The van der Waals surface area contributed by atoms with Crippen LogP contribution < -0.4 is 16.0 Å². The van der Waals surface area contributed by atoms with E-state index < -0.39 is 0 Å². The van der Waals surface area contributed by atoms with Crippen LogP contribution in [0.4, 0.5) is 0 Å². The minimum atomic E-state index is -0.0785. The van der Waals surface area contributed by atoms with Crippen molar-refractivity contribution < 1.29 is 9.59 Å². The van der Waals surface area contributed by atoms with E-state index >= 15 is 0 Å². The Kier molecular flexibility index (Phi) is 6.40. The first-order valence-electron chi connectivity index (χ1n) is 8.00. The second-order valence-corrected chi connectivity index (χ2v) is 5.70. The summed E-state index contributed by atoms with van der Waals surface area (Å²) < 4.78 is 0. The largest absolute Gasteiger partial charge is 0.359 e. The second kappa shape index (κ2) is 8.54. The third-order valence-electron chi connectivity index (χ3n) is 4.09. The van der Waals surface area contributed by atoms with Crippen molar-refractivity contribution >= 4 is 11.8 Å². The summed E-state index contributed by atoms with van der Waals surface area (Å²) in [5.41, 5.74) is 1.97. The average Bonchev–Trinajstić information content (AvgIpc) is 2.59. The molecule has 5 heteroatoms. The first kappa shape index (κ1) is 16.5. The molecule has 0 radical (unpaired) electrons. The SMILES string of the molecule is CNC(=O)CCCNC(=O)c1ccc(C2CCCNC2)cc1. The van der Waals surface area contributed by atoms with Gasteiger partial charge in [-0.05, 0) is 49.4 Å². The van der Waals surface area contributed by atoms with Crippen LogP contribution in [0.25, 0.3) is 0 Å². The molecular formula is C17H25N3O2. The Labute approximate surface area is 131 Å². The molecule has 1 aliphatic rings. The lowest BCUT2D eigenvalue weighted by Gasteiger charge is -2.23. The van der Waals surface area contributed by atoms with Gasteiger partial charge in [0.25, 0.3) is 5.91 Å². The van der Waals surface area contributed by atoms with E-state index in [1.54, 1.807) is 7.05 Å². The summed E-state index contributed by atoms with van der Waals surface area (Å²) in [4.78, 5) is 23.1. The summed E-state index contributed by atoms with van der Waals surface area (Å²) in [5, 5.41) is 8.82. The monoisotopic (exact) mass is 303 g/mol. The molecule has 0 aliphatic carbocycles. The number of carbonyl (C=O) groups excluding carboxylic acids is 2. The van der Waals surface area contributed by atoms with E-state index in [1.165, 1.54) is 18.4 Å². The highest BCUT2D eigenvalue weighted by Gasteiger charge is 2.15. The van der Waals surface area contributed by atoms with Gasteiger partial charge in [0.15, 0.2) is 0 Å². The molecule has 1 saturated heterocycles. The van der Waals surface area contributed by atoms with Crippen LogP contribution in [0.5, 0.6) is 0 Å². The van der Waals surface area contributed by atoms with E-state index in [9.17, 15) is 9.59 Å². The minimum absolute atomic E-state index is 0.000284. The lowest BCUT2D eigenvalue weighted by Crippen LogP contribution is -2.28. The molecule has 1 aromatic rings. The summed E-state index contributed by atoms with van der Waals surface area (Å²) in [5.74, 6) is 0.475. The highest BCUT2D eigenvalue weighted by atomic mass is 16.2. The van der Waals surface area contributed by atoms with Gasteiger partial charge in [0.05, 0.1) is 0 Å². The quantitative estimate of drug-likeness (QED) is 0.696. The summed E-state index contributed by atoms with van der Waals surface area (Å²) in [6, 6.07) is 7.88. The van der Waals surface area contributed by atoms with Gasteiger partial charge in [0, 0.05) is 32.1 Å². The number of hydrogen-bond donors (Lipinski definition) is 3. The molecule has 1 aliphatic heterocycles. The average molecular weight is 303 g/mol. The molecule has 1 heterocycles. The van der Waals surface area contributed by atoms with Crippen molar-refractivity contribution in [2.75, 3.05) is 26.7 Å². The van der Waals surface area contributed by atoms with E-state index in [0.717, 1.165) is 13.1 Å². The number of rotatable bonds is 6. The Morgan fingerprint density at radius 2 is 2.05 bits per heavy atom. The van der Waals surface area contributed by atoms with Gasteiger partial charge in [-0.3, -0.25) is 9.59 Å². The topological polar surface area (TPSA) is 70.2 Å². The van der Waals surface area contributed by atoms with Crippen LogP contribution >= 0.6 is 0 Å². The number of nitrogens with one attached hydrogen (secondary N) is 3. The van der Waals surface area contributed by atoms with Gasteiger partial charge >= 0.3 is 0 Å². The van der Waals surface area contributed by atoms with E-state index in [0.29, 0.717) is 30.9 Å². The predicted octanol–water partition coefficient (Wildman–Crippen LogP) is 1.41. The fourth-order valence-electron chi connectivity index (χ4n) is 2.72. The number of hydrogen-bond acceptors (Lipinski definition) is 3. The van der Waals surface area contributed by atoms with E-state index in [2.05, 4.69) is 28.1 Å². The van der Waals surface area contributed by atoms with Crippen LogP contribution in [-0.4, -0.2) is 38.5 Å². The smallest absolute Gasteiger partial charge is 0.251 e. The minimum Gasteiger partial charge on any atom is -0.359 e. The third kappa shape index (κ3) is 4.84. The molecule has 1 unspecified atom stereocenters. The van der Waals surface area contributed by atoms with Crippen LogP contribution in [0.15, 0.2) is 24.3 Å². The standard InChI is InChI=1S/C17H25N3O2/c1-18-16(21)5-3-11-20-17(22)14-8-6-13(7-9-14)15-4-2-10-19-12-15/h6-9,15,19H,2-5,10-12H2,1H3,(H,18,21)(H,20,22). The number of piperidine rings is 1. The molecule has 5 nitrogen and oxygen atoms in total. The first-order chi connectivity index (χ1) is 10.7. The zero-order chi connectivity index (χ0) is 15.8. The van der Waals surface area contributed by atoms with Crippen molar-refractivity contribution in [2.45, 2.75) is 31.6 Å². The van der Waals surface area contributed by atoms with Crippen molar-refractivity contribution in [3.05, 3.63) is 35.4 Å². The fraction of sp³-hybridized carbons (Fsp3) is 0.529. The molecule has 22 heavy (non-hydrogen) atoms. The molecule has 120 valence electrons. The van der Waals surface area contributed by atoms with Gasteiger partial charge in [-0.25, -0.2) is 0 Å². The molecular weight excluding hydrogens is 278 g/mol. The van der Waals surface area contributed by atoms with Crippen molar-refractivity contribution in [1.82, 2.24) is 16.0 Å². The molecule has 1 atom stereocenters. The number of carbonyl (C=O) groups is 2. The van der Waals surface area contributed by atoms with Crippen LogP contribution in [0.2, 0.25) is 0 Å². The van der Waals surface area contributed by atoms with Crippen LogP contribution in [0.3, 0.4) is 0 Å². The van der Waals surface area contributed by atoms with Crippen molar-refractivity contribution in [3.8, 4) is 0 Å². The second-order valence-electron chi connectivity index (χ2n) is 5.70. The Morgan fingerprint density at radius 3 is 2.68 bits per heavy atom. The van der Waals surface area contributed by atoms with Crippen molar-refractivity contribution in [2.24, 2.45) is 0 Å². The van der Waals surface area contributed by atoms with Crippen LogP contribution in [0.1, 0.15) is 47.5 Å². The van der Waals surface area contributed by atoms with Gasteiger partial charge < -0.3 is 16.0 Å². The first-order valence-corrected chi connectivity index (χ1v) is 8.00. The molecule has 3 N–H and O–H groups in total. The van der Waals surface area contributed by atoms with Gasteiger partial charge in [-0.1, -0.05) is 12.1 Å². The summed E-state index contributed by atoms with van der Waals surface area (Å²) >= 11 is 0. The fourth-order valence-corrected chi connectivity index (χ4v) is 2.72. The lowest BCUT2D eigenvalue weighted by molar-refractivity contribution is -0.120. The van der Waals surface area contributed by atoms with Gasteiger partial charge in [0.2, 0.25) is 5.91 Å². The Bertz CT molecular complexity index is 493. The summed E-state index contributed by atoms with van der Waals surface area (Å²) in [7, 11) is 1.62. The van der Waals surface area contributed by atoms with Gasteiger partial charge in [-0.2, -0.15) is 0 Å². The zero-order valence-electron chi connectivity index (χ0n) is 13.2. The molecule has 0 spiro atoms. The maximum atomic E-state index is 12.0. The van der Waals surface area contributed by atoms with Crippen molar-refractivity contribution in [1.29, 1.82) is 0 Å². The van der Waals surface area contributed by atoms with E-state index in [-0.39, 0.29) is 11.8 Å². The predicted molar refractivity (Wildman–Crippen MR) is 86.9 cm³/mol. The normalized spacial score (nSPS) is 17.8. The Balaban J connectivity index is 1.79. The molecule has 0 aromatic heterocycles. The Morgan fingerprint density at radius 1 is 1.27 bits per heavy atom. The van der Waals surface area contributed by atoms with E-state index in [1.807, 2.05) is 12.1 Å². The van der Waals surface area contributed by atoms with E-state index in [4.69, 9.17) is 0 Å². The van der Waals surface area contributed by atoms with Crippen LogP contribution in [-0.2, 0) is 4.79 Å². The summed E-state index contributed by atoms with van der Waals surface area (Å²) in [6.45, 7) is 2.64. The molecule has 0 bridgehead atoms. The maximum Gasteiger partial charge on any atom is 0.251 e. The third-order valence-corrected chi connectivity index (χ3v) is 4.09. The van der Waals surface area contributed by atoms with Crippen molar-refractivity contribution in [3.63, 3.8) is 0 Å². The number of amides is 2. The maximum absolute atomic E-state index is 12.0. The zero-order valence-corrected chi connectivity index (χ0v) is 13.2. The van der Waals surface area contributed by atoms with Gasteiger partial charge in [0.1, 0.15) is 0 Å². The number of benzene rings is 1. The molecule has 2 rings (SSSR count). The lowest BCUT2D eigenvalue weighted by atomic mass is 9.91. The van der Waals surface area contributed by atoms with Crippen LogP contribution in [0, 0.1) is 0 Å². The highest BCUT2D eigenvalue weighted by molar-refractivity contribution is 5.94. The van der Waals surface area contributed by atoms with Gasteiger partial charge in [-0.15, -0.1) is 0 Å². The Hall–Kier alpha value is -1.88. The molecule has 1 fully saturated rings. The molecule has 1 aromatic carbocycles. The molecule has 2 amide bonds. The summed E-state index contributed by atoms with van der Waals surface area (Å²) in [6.07, 6.45) is 3.50. The highest BCUT2D eigenvalue weighted by Crippen LogP contribution is 2.23. The molecule has 0 saturated carbocycles.